The SMILES string of the molecule is COC(OC)c1ccnc(C2(CO[Si](C)(C)C(C)(C)C)CCCCC2)n1. The normalized spacial score (nSPS) is 18.3. The van der Waals surface area contributed by atoms with Gasteiger partial charge in [0.1, 0.15) is 5.82 Å². The summed E-state index contributed by atoms with van der Waals surface area (Å²) in [6.07, 6.45) is 7.20. The maximum atomic E-state index is 6.64. The summed E-state index contributed by atoms with van der Waals surface area (Å²) in [4.78, 5) is 9.51. The number of rotatable bonds is 7. The summed E-state index contributed by atoms with van der Waals surface area (Å²) in [6, 6.07) is 1.87. The Morgan fingerprint density at radius 1 is 1.12 bits per heavy atom. The fourth-order valence-corrected chi connectivity index (χ4v) is 4.36. The minimum absolute atomic E-state index is 0.101. The Hall–Kier alpha value is -0.823. The van der Waals surface area contributed by atoms with Crippen LogP contribution in [0.5, 0.6) is 0 Å². The lowest BCUT2D eigenvalue weighted by Crippen LogP contribution is -2.46. The van der Waals surface area contributed by atoms with Gasteiger partial charge in [-0.2, -0.15) is 0 Å². The topological polar surface area (TPSA) is 53.5 Å². The van der Waals surface area contributed by atoms with E-state index in [9.17, 15) is 0 Å². The number of hydrogen-bond donors (Lipinski definition) is 0. The average Bonchev–Trinajstić information content (AvgIpc) is 2.61. The molecule has 2 rings (SSSR count). The summed E-state index contributed by atoms with van der Waals surface area (Å²) < 4.78 is 17.4. The zero-order chi connectivity index (χ0) is 19.4. The molecule has 0 spiro atoms. The molecule has 0 amide bonds. The van der Waals surface area contributed by atoms with Gasteiger partial charge in [-0.25, -0.2) is 9.97 Å². The van der Waals surface area contributed by atoms with Crippen LogP contribution >= 0.6 is 0 Å². The highest BCUT2D eigenvalue weighted by Crippen LogP contribution is 2.42. The van der Waals surface area contributed by atoms with E-state index in [0.717, 1.165) is 24.4 Å². The van der Waals surface area contributed by atoms with Crippen LogP contribution in [0.3, 0.4) is 0 Å². The summed E-state index contributed by atoms with van der Waals surface area (Å²) in [5.74, 6) is 0.882. The monoisotopic (exact) mass is 380 g/mol. The van der Waals surface area contributed by atoms with Crippen molar-refractivity contribution >= 4 is 8.32 Å². The Morgan fingerprint density at radius 3 is 2.27 bits per heavy atom. The fraction of sp³-hybridized carbons (Fsp3) is 0.800. The van der Waals surface area contributed by atoms with Gasteiger partial charge < -0.3 is 13.9 Å². The van der Waals surface area contributed by atoms with E-state index in [0.29, 0.717) is 6.61 Å². The lowest BCUT2D eigenvalue weighted by Gasteiger charge is -2.42. The van der Waals surface area contributed by atoms with Crippen LogP contribution in [-0.4, -0.2) is 39.1 Å². The maximum Gasteiger partial charge on any atom is 0.200 e. The first-order valence-corrected chi connectivity index (χ1v) is 12.6. The van der Waals surface area contributed by atoms with Gasteiger partial charge in [-0.3, -0.25) is 0 Å². The first-order valence-electron chi connectivity index (χ1n) is 9.68. The van der Waals surface area contributed by atoms with Gasteiger partial charge in [0.05, 0.1) is 11.1 Å². The van der Waals surface area contributed by atoms with Crippen molar-refractivity contribution in [2.24, 2.45) is 0 Å². The van der Waals surface area contributed by atoms with Crippen molar-refractivity contribution in [1.82, 2.24) is 9.97 Å². The molecular weight excluding hydrogens is 344 g/mol. The first kappa shape index (κ1) is 21.5. The van der Waals surface area contributed by atoms with Crippen molar-refractivity contribution in [3.05, 3.63) is 23.8 Å². The molecule has 1 aromatic rings. The second-order valence-electron chi connectivity index (χ2n) is 9.00. The van der Waals surface area contributed by atoms with Crippen molar-refractivity contribution in [2.75, 3.05) is 20.8 Å². The Morgan fingerprint density at radius 2 is 1.73 bits per heavy atom. The minimum atomic E-state index is -1.82. The minimum Gasteiger partial charge on any atom is -0.416 e. The number of methoxy groups -OCH3 is 2. The van der Waals surface area contributed by atoms with Crippen molar-refractivity contribution in [1.29, 1.82) is 0 Å². The molecule has 0 saturated heterocycles. The van der Waals surface area contributed by atoms with Crippen molar-refractivity contribution in [2.45, 2.75) is 82.7 Å². The molecule has 0 aliphatic heterocycles. The van der Waals surface area contributed by atoms with Gasteiger partial charge in [-0.1, -0.05) is 40.0 Å². The van der Waals surface area contributed by atoms with Crippen molar-refractivity contribution in [3.8, 4) is 0 Å². The number of aromatic nitrogens is 2. The largest absolute Gasteiger partial charge is 0.416 e. The molecule has 6 heteroatoms. The summed E-state index contributed by atoms with van der Waals surface area (Å²) >= 11 is 0. The molecule has 1 fully saturated rings. The van der Waals surface area contributed by atoms with Crippen LogP contribution in [0.2, 0.25) is 18.1 Å². The smallest absolute Gasteiger partial charge is 0.200 e. The summed E-state index contributed by atoms with van der Waals surface area (Å²) in [5.41, 5.74) is 0.674. The molecule has 5 nitrogen and oxygen atoms in total. The number of hydrogen-bond acceptors (Lipinski definition) is 5. The third-order valence-corrected chi connectivity index (χ3v) is 10.6. The molecule has 1 aliphatic rings. The summed E-state index contributed by atoms with van der Waals surface area (Å²) in [6.45, 7) is 12.2. The van der Waals surface area contributed by atoms with Gasteiger partial charge in [0.15, 0.2) is 8.32 Å². The third kappa shape index (κ3) is 4.71. The molecule has 1 aromatic heterocycles. The van der Waals surface area contributed by atoms with Crippen molar-refractivity contribution < 1.29 is 13.9 Å². The van der Waals surface area contributed by atoms with E-state index < -0.39 is 14.6 Å². The Balaban J connectivity index is 2.31. The molecule has 0 atom stereocenters. The molecule has 1 aliphatic carbocycles. The van der Waals surface area contributed by atoms with E-state index in [1.54, 1.807) is 14.2 Å². The zero-order valence-corrected chi connectivity index (χ0v) is 18.6. The molecule has 1 saturated carbocycles. The van der Waals surface area contributed by atoms with Crippen LogP contribution in [0.15, 0.2) is 12.3 Å². The van der Waals surface area contributed by atoms with Crippen LogP contribution in [0, 0.1) is 0 Å². The van der Waals surface area contributed by atoms with Crippen LogP contribution < -0.4 is 0 Å². The highest BCUT2D eigenvalue weighted by molar-refractivity contribution is 6.74. The van der Waals surface area contributed by atoms with E-state index >= 15 is 0 Å². The molecule has 0 unspecified atom stereocenters. The fourth-order valence-electron chi connectivity index (χ4n) is 3.29. The highest BCUT2D eigenvalue weighted by Gasteiger charge is 2.43. The van der Waals surface area contributed by atoms with E-state index in [1.165, 1.54) is 19.3 Å². The second-order valence-corrected chi connectivity index (χ2v) is 13.8. The Bertz CT molecular complexity index is 577. The standard InChI is InChI=1S/C20H36N2O3Si/c1-19(2,3)26(6,7)25-15-20(12-9-8-10-13-20)18-21-14-11-16(22-18)17(23-4)24-5/h11,14,17H,8-10,12-13,15H2,1-7H3. The van der Waals surface area contributed by atoms with E-state index in [-0.39, 0.29) is 10.5 Å². The van der Waals surface area contributed by atoms with E-state index in [2.05, 4.69) is 38.8 Å². The predicted molar refractivity (Wildman–Crippen MR) is 107 cm³/mol. The predicted octanol–water partition coefficient (Wildman–Crippen LogP) is 4.99. The second kappa shape index (κ2) is 8.46. The van der Waals surface area contributed by atoms with E-state index in [4.69, 9.17) is 18.9 Å². The first-order chi connectivity index (χ1) is 12.1. The lowest BCUT2D eigenvalue weighted by atomic mass is 9.74. The van der Waals surface area contributed by atoms with Gasteiger partial charge >= 0.3 is 0 Å². The zero-order valence-electron chi connectivity index (χ0n) is 17.6. The molecule has 148 valence electrons. The van der Waals surface area contributed by atoms with Gasteiger partial charge in [-0.15, -0.1) is 0 Å². The molecule has 1 heterocycles. The van der Waals surface area contributed by atoms with Crippen molar-refractivity contribution in [3.63, 3.8) is 0 Å². The highest BCUT2D eigenvalue weighted by atomic mass is 28.4. The molecule has 0 radical (unpaired) electrons. The molecule has 0 N–H and O–H groups in total. The molecule has 0 bridgehead atoms. The Labute approximate surface area is 160 Å². The average molecular weight is 381 g/mol. The molecule has 26 heavy (non-hydrogen) atoms. The molecule has 0 aromatic carbocycles. The summed E-state index contributed by atoms with van der Waals surface area (Å²) in [5, 5.41) is 0.197. The van der Waals surface area contributed by atoms with Gasteiger partial charge in [0.2, 0.25) is 6.29 Å². The maximum absolute atomic E-state index is 6.64. The summed E-state index contributed by atoms with van der Waals surface area (Å²) in [7, 11) is 1.44. The van der Waals surface area contributed by atoms with Gasteiger partial charge in [0, 0.05) is 27.0 Å². The lowest BCUT2D eigenvalue weighted by molar-refractivity contribution is -0.109. The quantitative estimate of drug-likeness (QED) is 0.492. The van der Waals surface area contributed by atoms with Crippen LogP contribution in [-0.2, 0) is 19.3 Å². The number of ether oxygens (including phenoxy) is 2. The molecular formula is C20H36N2O3Si. The van der Waals surface area contributed by atoms with Crippen LogP contribution in [0.1, 0.15) is 70.7 Å². The van der Waals surface area contributed by atoms with E-state index in [1.807, 2.05) is 12.3 Å². The van der Waals surface area contributed by atoms with Gasteiger partial charge in [0.25, 0.3) is 0 Å². The van der Waals surface area contributed by atoms with Crippen LogP contribution in [0.25, 0.3) is 0 Å². The van der Waals surface area contributed by atoms with Gasteiger partial charge in [-0.05, 0) is 37.0 Å². The van der Waals surface area contributed by atoms with Crippen LogP contribution in [0.4, 0.5) is 0 Å². The number of nitrogens with zero attached hydrogens (tertiary/aromatic N) is 2. The third-order valence-electron chi connectivity index (χ3n) is 6.15. The Kier molecular flexibility index (Phi) is 6.99.